The Kier molecular flexibility index (Phi) is 8.84. The van der Waals surface area contributed by atoms with Gasteiger partial charge >= 0.3 is 0 Å². The number of hydrogen-bond donors (Lipinski definition) is 1. The number of carbonyl (C=O) groups is 1. The van der Waals surface area contributed by atoms with E-state index >= 15 is 0 Å². The summed E-state index contributed by atoms with van der Waals surface area (Å²) in [6, 6.07) is 0. The van der Waals surface area contributed by atoms with Crippen LogP contribution in [0, 0.1) is 0 Å². The third-order valence-corrected chi connectivity index (χ3v) is 3.65. The highest BCUT2D eigenvalue weighted by Gasteiger charge is 2.15. The molecule has 0 bridgehead atoms. The van der Waals surface area contributed by atoms with Gasteiger partial charge in [-0.25, -0.2) is 0 Å². The quantitative estimate of drug-likeness (QED) is 0.653. The molecule has 1 N–H and O–H groups in total. The van der Waals surface area contributed by atoms with E-state index in [0.29, 0.717) is 13.0 Å². The van der Waals surface area contributed by atoms with Crippen LogP contribution < -0.4 is 5.32 Å². The number of piperazine rings is 1. The van der Waals surface area contributed by atoms with Gasteiger partial charge in [0.15, 0.2) is 0 Å². The molecule has 19 heavy (non-hydrogen) atoms. The van der Waals surface area contributed by atoms with Gasteiger partial charge in [-0.3, -0.25) is 4.79 Å². The zero-order chi connectivity index (χ0) is 13.9. The number of nitrogens with zero attached hydrogens (tertiary/aromatic N) is 1. The van der Waals surface area contributed by atoms with Crippen LogP contribution in [0.1, 0.15) is 52.4 Å². The maximum absolute atomic E-state index is 11.9. The average molecular weight is 270 g/mol. The molecule has 1 unspecified atom stereocenters. The molecule has 1 aliphatic heterocycles. The second-order valence-electron chi connectivity index (χ2n) is 5.41. The highest BCUT2D eigenvalue weighted by molar-refractivity contribution is 5.76. The summed E-state index contributed by atoms with van der Waals surface area (Å²) in [5.74, 6) is 0.236. The fourth-order valence-corrected chi connectivity index (χ4v) is 2.36. The van der Waals surface area contributed by atoms with Gasteiger partial charge in [0.2, 0.25) is 5.91 Å². The molecule has 1 saturated heterocycles. The molecule has 0 aromatic carbocycles. The van der Waals surface area contributed by atoms with Crippen LogP contribution in [0.25, 0.3) is 0 Å². The van der Waals surface area contributed by atoms with Gasteiger partial charge in [0.25, 0.3) is 0 Å². The van der Waals surface area contributed by atoms with Crippen LogP contribution >= 0.6 is 0 Å². The minimum absolute atomic E-state index is 0.236. The molecule has 4 nitrogen and oxygen atoms in total. The number of nitrogens with one attached hydrogen (secondary N) is 1. The summed E-state index contributed by atoms with van der Waals surface area (Å²) in [6.07, 6.45) is 7.04. The highest BCUT2D eigenvalue weighted by atomic mass is 16.5. The number of ether oxygens (including phenoxy) is 1. The summed E-state index contributed by atoms with van der Waals surface area (Å²) in [4.78, 5) is 13.8. The summed E-state index contributed by atoms with van der Waals surface area (Å²) >= 11 is 0. The van der Waals surface area contributed by atoms with Crippen molar-refractivity contribution >= 4 is 5.91 Å². The largest absolute Gasteiger partial charge is 0.378 e. The molecule has 0 spiro atoms. The zero-order valence-electron chi connectivity index (χ0n) is 12.6. The van der Waals surface area contributed by atoms with Gasteiger partial charge < -0.3 is 15.0 Å². The minimum Gasteiger partial charge on any atom is -0.378 e. The maximum Gasteiger partial charge on any atom is 0.224 e. The van der Waals surface area contributed by atoms with Crippen LogP contribution in [0.3, 0.4) is 0 Å². The van der Waals surface area contributed by atoms with Crippen molar-refractivity contribution in [2.45, 2.75) is 58.5 Å². The van der Waals surface area contributed by atoms with Crippen LogP contribution in [0.15, 0.2) is 0 Å². The van der Waals surface area contributed by atoms with Crippen molar-refractivity contribution in [3.05, 3.63) is 0 Å². The summed E-state index contributed by atoms with van der Waals surface area (Å²) in [6.45, 7) is 8.41. The second kappa shape index (κ2) is 10.2. The van der Waals surface area contributed by atoms with Crippen molar-refractivity contribution in [3.8, 4) is 0 Å². The van der Waals surface area contributed by atoms with E-state index in [2.05, 4.69) is 19.2 Å². The van der Waals surface area contributed by atoms with E-state index in [9.17, 15) is 4.79 Å². The molecule has 0 aromatic rings. The number of amides is 1. The average Bonchev–Trinajstić information content (AvgIpc) is 2.44. The first kappa shape index (κ1) is 16.4. The van der Waals surface area contributed by atoms with Crippen LogP contribution in [0.5, 0.6) is 0 Å². The van der Waals surface area contributed by atoms with E-state index in [1.54, 1.807) is 0 Å². The Hall–Kier alpha value is -0.610. The fourth-order valence-electron chi connectivity index (χ4n) is 2.36. The van der Waals surface area contributed by atoms with Gasteiger partial charge in [-0.15, -0.1) is 0 Å². The van der Waals surface area contributed by atoms with Crippen molar-refractivity contribution in [2.24, 2.45) is 0 Å². The Bertz CT molecular complexity index is 240. The molecule has 1 atom stereocenters. The monoisotopic (exact) mass is 270 g/mol. The maximum atomic E-state index is 11.9. The lowest BCUT2D eigenvalue weighted by Crippen LogP contribution is -2.46. The highest BCUT2D eigenvalue weighted by Crippen LogP contribution is 2.08. The molecule has 1 fully saturated rings. The van der Waals surface area contributed by atoms with Crippen LogP contribution in [-0.4, -0.2) is 49.7 Å². The lowest BCUT2D eigenvalue weighted by Gasteiger charge is -2.27. The molecule has 1 amide bonds. The van der Waals surface area contributed by atoms with E-state index in [1.165, 1.54) is 25.7 Å². The van der Waals surface area contributed by atoms with Crippen LogP contribution in [0.2, 0.25) is 0 Å². The zero-order valence-corrected chi connectivity index (χ0v) is 12.6. The summed E-state index contributed by atoms with van der Waals surface area (Å²) in [7, 11) is 0. The third-order valence-electron chi connectivity index (χ3n) is 3.65. The first-order valence-electron chi connectivity index (χ1n) is 7.84. The standard InChI is InChI=1S/C15H30N2O2/c1-3-4-5-6-7-14(2)19-13-8-15(18)17-11-9-16-10-12-17/h14,16H,3-13H2,1-2H3. The number of carbonyl (C=O) groups excluding carboxylic acids is 1. The predicted octanol–water partition coefficient (Wildman–Crippen LogP) is 2.18. The van der Waals surface area contributed by atoms with Crippen molar-refractivity contribution < 1.29 is 9.53 Å². The van der Waals surface area contributed by atoms with E-state index in [1.807, 2.05) is 4.90 Å². The molecule has 1 rings (SSSR count). The normalized spacial score (nSPS) is 17.5. The summed E-state index contributed by atoms with van der Waals surface area (Å²) in [5, 5.41) is 3.25. The van der Waals surface area contributed by atoms with Gasteiger partial charge in [0.05, 0.1) is 19.1 Å². The second-order valence-corrected chi connectivity index (χ2v) is 5.41. The SMILES string of the molecule is CCCCCCC(C)OCCC(=O)N1CCNCC1. The van der Waals surface area contributed by atoms with E-state index in [-0.39, 0.29) is 12.0 Å². The van der Waals surface area contributed by atoms with E-state index < -0.39 is 0 Å². The third kappa shape index (κ3) is 7.53. The summed E-state index contributed by atoms with van der Waals surface area (Å²) < 4.78 is 5.72. The molecule has 0 saturated carbocycles. The topological polar surface area (TPSA) is 41.6 Å². The van der Waals surface area contributed by atoms with Crippen molar-refractivity contribution in [3.63, 3.8) is 0 Å². The molecule has 0 aromatic heterocycles. The van der Waals surface area contributed by atoms with E-state index in [0.717, 1.165) is 32.6 Å². The molecule has 0 aliphatic carbocycles. The molecule has 0 radical (unpaired) electrons. The molecule has 112 valence electrons. The Labute approximate surface area is 117 Å². The first-order chi connectivity index (χ1) is 9.24. The van der Waals surface area contributed by atoms with Gasteiger partial charge in [-0.1, -0.05) is 32.6 Å². The number of hydrogen-bond acceptors (Lipinski definition) is 3. The van der Waals surface area contributed by atoms with E-state index in [4.69, 9.17) is 4.74 Å². The van der Waals surface area contributed by atoms with Crippen molar-refractivity contribution in [1.82, 2.24) is 10.2 Å². The van der Waals surface area contributed by atoms with Crippen molar-refractivity contribution in [1.29, 1.82) is 0 Å². The van der Waals surface area contributed by atoms with Gasteiger partial charge in [-0.05, 0) is 13.3 Å². The van der Waals surface area contributed by atoms with Gasteiger partial charge in [0.1, 0.15) is 0 Å². The Morgan fingerprint density at radius 3 is 2.68 bits per heavy atom. The summed E-state index contributed by atoms with van der Waals surface area (Å²) in [5.41, 5.74) is 0. The Morgan fingerprint density at radius 2 is 2.00 bits per heavy atom. The lowest BCUT2D eigenvalue weighted by atomic mass is 10.1. The first-order valence-corrected chi connectivity index (χ1v) is 7.84. The van der Waals surface area contributed by atoms with Gasteiger partial charge in [0, 0.05) is 26.2 Å². The Balaban J connectivity index is 2.00. The number of unbranched alkanes of at least 4 members (excludes halogenated alkanes) is 3. The number of rotatable bonds is 9. The lowest BCUT2D eigenvalue weighted by molar-refractivity contribution is -0.133. The van der Waals surface area contributed by atoms with Crippen LogP contribution in [0.4, 0.5) is 0 Å². The van der Waals surface area contributed by atoms with Gasteiger partial charge in [-0.2, -0.15) is 0 Å². The molecule has 1 heterocycles. The Morgan fingerprint density at radius 1 is 1.26 bits per heavy atom. The van der Waals surface area contributed by atoms with Crippen LogP contribution in [-0.2, 0) is 9.53 Å². The smallest absolute Gasteiger partial charge is 0.224 e. The molecular weight excluding hydrogens is 240 g/mol. The molecular formula is C15H30N2O2. The predicted molar refractivity (Wildman–Crippen MR) is 78.2 cm³/mol. The van der Waals surface area contributed by atoms with Crippen molar-refractivity contribution in [2.75, 3.05) is 32.8 Å². The fraction of sp³-hybridized carbons (Fsp3) is 0.933. The molecule has 4 heteroatoms. The molecule has 1 aliphatic rings. The minimum atomic E-state index is 0.236.